The van der Waals surface area contributed by atoms with Crippen LogP contribution in [0.15, 0.2) is 24.5 Å². The van der Waals surface area contributed by atoms with E-state index in [1.54, 1.807) is 11.0 Å². The molecule has 0 spiro atoms. The fourth-order valence-corrected chi connectivity index (χ4v) is 4.10. The Kier molecular flexibility index (Phi) is 6.53. The van der Waals surface area contributed by atoms with Gasteiger partial charge in [-0.3, -0.25) is 4.68 Å². The number of alkyl halides is 3. The molecule has 2 aromatic heterocycles. The molecule has 1 atom stereocenters. The average Bonchev–Trinajstić information content (AvgIpc) is 3.28. The Morgan fingerprint density at radius 1 is 1.18 bits per heavy atom. The molecule has 3 aromatic rings. The summed E-state index contributed by atoms with van der Waals surface area (Å²) in [6.45, 7) is 1.49. The van der Waals surface area contributed by atoms with Gasteiger partial charge in [-0.1, -0.05) is 0 Å². The van der Waals surface area contributed by atoms with E-state index >= 15 is 0 Å². The molecule has 0 amide bonds. The number of nitrogens with zero attached hydrogens (tertiary/aromatic N) is 4. The highest BCUT2D eigenvalue weighted by Crippen LogP contribution is 2.33. The third kappa shape index (κ3) is 5.41. The monoisotopic (exact) mass is 466 g/mol. The molecule has 1 aliphatic rings. The van der Waals surface area contributed by atoms with Crippen molar-refractivity contribution < 1.29 is 23.0 Å². The van der Waals surface area contributed by atoms with E-state index in [2.05, 4.69) is 20.7 Å². The molecule has 180 valence electrons. The number of aliphatic hydroxyl groups excluding tert-OH is 1. The summed E-state index contributed by atoms with van der Waals surface area (Å²) >= 11 is 0. The van der Waals surface area contributed by atoms with Gasteiger partial charge < -0.3 is 25.0 Å². The highest BCUT2D eigenvalue weighted by Gasteiger charge is 2.38. The molecule has 0 aliphatic heterocycles. The van der Waals surface area contributed by atoms with Crippen molar-refractivity contribution in [2.75, 3.05) is 11.9 Å². The number of aryl methyl sites for hydroxylation is 3. The van der Waals surface area contributed by atoms with Gasteiger partial charge in [-0.15, -0.1) is 0 Å². The number of anilines is 2. The van der Waals surface area contributed by atoms with Crippen molar-refractivity contribution in [2.45, 2.75) is 57.0 Å². The zero-order valence-corrected chi connectivity index (χ0v) is 18.9. The quantitative estimate of drug-likeness (QED) is 0.494. The van der Waals surface area contributed by atoms with E-state index in [1.165, 1.54) is 0 Å². The van der Waals surface area contributed by atoms with Crippen LogP contribution in [0.5, 0.6) is 5.75 Å². The number of aliphatic hydroxyl groups is 1. The SMILES string of the molecule is Cc1cc(Nc2cc(O[C@H]3CC[C@@H](NCC(O)C(F)(F)F)CC3)cc3c2ncn3C)nn1C. The maximum atomic E-state index is 12.5. The van der Waals surface area contributed by atoms with Crippen LogP contribution in [0.3, 0.4) is 0 Å². The lowest BCUT2D eigenvalue weighted by molar-refractivity contribution is -0.202. The van der Waals surface area contributed by atoms with Gasteiger partial charge in [-0.25, -0.2) is 4.98 Å². The molecule has 0 bridgehead atoms. The summed E-state index contributed by atoms with van der Waals surface area (Å²) in [6, 6.07) is 5.74. The molecular weight excluding hydrogens is 437 g/mol. The normalized spacial score (nSPS) is 20.2. The summed E-state index contributed by atoms with van der Waals surface area (Å²) in [7, 11) is 3.80. The Morgan fingerprint density at radius 3 is 2.55 bits per heavy atom. The van der Waals surface area contributed by atoms with Crippen molar-refractivity contribution in [3.8, 4) is 5.75 Å². The van der Waals surface area contributed by atoms with Gasteiger partial charge in [-0.2, -0.15) is 18.3 Å². The van der Waals surface area contributed by atoms with Crippen molar-refractivity contribution in [1.82, 2.24) is 24.6 Å². The van der Waals surface area contributed by atoms with Crippen molar-refractivity contribution in [3.63, 3.8) is 0 Å². The lowest BCUT2D eigenvalue weighted by Gasteiger charge is -2.30. The van der Waals surface area contributed by atoms with Crippen LogP contribution in [-0.2, 0) is 14.1 Å². The van der Waals surface area contributed by atoms with Gasteiger partial charge in [-0.05, 0) is 32.6 Å². The van der Waals surface area contributed by atoms with Crippen LogP contribution < -0.4 is 15.4 Å². The molecule has 1 aromatic carbocycles. The predicted octanol–water partition coefficient (Wildman–Crippen LogP) is 3.56. The van der Waals surface area contributed by atoms with Gasteiger partial charge in [0.05, 0.1) is 23.6 Å². The standard InChI is InChI=1S/C22H29F3N6O2/c1-13-8-20(29-31(13)3)28-17-9-16(10-18-21(17)27-12-30(18)2)33-15-6-4-14(5-7-15)26-11-19(32)22(23,24)25/h8-10,12,14-15,19,26,32H,4-7,11H2,1-3H3,(H,28,29)/t14-,15+,19?. The first-order valence-corrected chi connectivity index (χ1v) is 11.0. The number of ether oxygens (including phenoxy) is 1. The van der Waals surface area contributed by atoms with Crippen LogP contribution in [-0.4, -0.2) is 55.4 Å². The lowest BCUT2D eigenvalue weighted by Crippen LogP contribution is -2.44. The molecule has 4 rings (SSSR count). The number of nitrogens with one attached hydrogen (secondary N) is 2. The van der Waals surface area contributed by atoms with Gasteiger partial charge in [0, 0.05) is 50.6 Å². The zero-order valence-electron chi connectivity index (χ0n) is 18.9. The van der Waals surface area contributed by atoms with Crippen molar-refractivity contribution in [3.05, 3.63) is 30.2 Å². The molecule has 2 heterocycles. The molecule has 0 radical (unpaired) electrons. The van der Waals surface area contributed by atoms with E-state index in [4.69, 9.17) is 4.74 Å². The molecular formula is C22H29F3N6O2. The number of imidazole rings is 1. The highest BCUT2D eigenvalue weighted by atomic mass is 19.4. The number of aromatic nitrogens is 4. The second kappa shape index (κ2) is 9.22. The molecule has 1 unspecified atom stereocenters. The van der Waals surface area contributed by atoms with E-state index in [-0.39, 0.29) is 12.1 Å². The Hall–Kier alpha value is -2.79. The van der Waals surface area contributed by atoms with Gasteiger partial charge in [0.2, 0.25) is 0 Å². The Bertz CT molecular complexity index is 1080. The Labute approximate surface area is 189 Å². The molecule has 8 nitrogen and oxygen atoms in total. The average molecular weight is 467 g/mol. The molecule has 33 heavy (non-hydrogen) atoms. The summed E-state index contributed by atoms with van der Waals surface area (Å²) in [6.07, 6.45) is -2.44. The Morgan fingerprint density at radius 2 is 1.91 bits per heavy atom. The van der Waals surface area contributed by atoms with Crippen molar-refractivity contribution in [2.24, 2.45) is 14.1 Å². The molecule has 1 saturated carbocycles. The molecule has 3 N–H and O–H groups in total. The topological polar surface area (TPSA) is 89.2 Å². The summed E-state index contributed by atoms with van der Waals surface area (Å²) in [5.74, 6) is 1.41. The third-order valence-electron chi connectivity index (χ3n) is 6.13. The fraction of sp³-hybridized carbons (Fsp3) is 0.545. The fourth-order valence-electron chi connectivity index (χ4n) is 4.10. The van der Waals surface area contributed by atoms with Crippen LogP contribution in [0.25, 0.3) is 11.0 Å². The first-order valence-electron chi connectivity index (χ1n) is 11.0. The van der Waals surface area contributed by atoms with E-state index in [0.717, 1.165) is 22.4 Å². The summed E-state index contributed by atoms with van der Waals surface area (Å²) in [4.78, 5) is 4.49. The second-order valence-electron chi connectivity index (χ2n) is 8.67. The van der Waals surface area contributed by atoms with E-state index in [1.807, 2.05) is 43.8 Å². The number of rotatable bonds is 7. The summed E-state index contributed by atoms with van der Waals surface area (Å²) < 4.78 is 47.4. The number of benzene rings is 1. The largest absolute Gasteiger partial charge is 0.490 e. The Balaban J connectivity index is 1.41. The first-order chi connectivity index (χ1) is 15.6. The molecule has 1 aliphatic carbocycles. The van der Waals surface area contributed by atoms with E-state index < -0.39 is 18.8 Å². The maximum absolute atomic E-state index is 12.5. The minimum atomic E-state index is -4.60. The van der Waals surface area contributed by atoms with Gasteiger partial charge >= 0.3 is 6.18 Å². The smallest absolute Gasteiger partial charge is 0.415 e. The number of hydrogen-bond acceptors (Lipinski definition) is 6. The summed E-state index contributed by atoms with van der Waals surface area (Å²) in [5, 5.41) is 19.8. The molecule has 1 fully saturated rings. The number of fused-ring (bicyclic) bond motifs is 1. The van der Waals surface area contributed by atoms with Crippen molar-refractivity contribution in [1.29, 1.82) is 0 Å². The van der Waals surface area contributed by atoms with Crippen LogP contribution in [0.4, 0.5) is 24.7 Å². The van der Waals surface area contributed by atoms with Crippen LogP contribution in [0.1, 0.15) is 31.4 Å². The van der Waals surface area contributed by atoms with Gasteiger partial charge in [0.1, 0.15) is 11.3 Å². The third-order valence-corrected chi connectivity index (χ3v) is 6.13. The number of halogens is 3. The van der Waals surface area contributed by atoms with E-state index in [9.17, 15) is 18.3 Å². The van der Waals surface area contributed by atoms with Crippen LogP contribution >= 0.6 is 0 Å². The molecule has 0 saturated heterocycles. The zero-order chi connectivity index (χ0) is 23.8. The maximum Gasteiger partial charge on any atom is 0.415 e. The summed E-state index contributed by atoms with van der Waals surface area (Å²) in [5.41, 5.74) is 3.54. The van der Waals surface area contributed by atoms with Crippen molar-refractivity contribution >= 4 is 22.5 Å². The highest BCUT2D eigenvalue weighted by molar-refractivity contribution is 5.91. The number of hydrogen-bond donors (Lipinski definition) is 3. The second-order valence-corrected chi connectivity index (χ2v) is 8.67. The first kappa shape index (κ1) is 23.4. The minimum absolute atomic E-state index is 0.0359. The van der Waals surface area contributed by atoms with Crippen LogP contribution in [0.2, 0.25) is 0 Å². The minimum Gasteiger partial charge on any atom is -0.490 e. The lowest BCUT2D eigenvalue weighted by atomic mass is 9.93. The van der Waals surface area contributed by atoms with Gasteiger partial charge in [0.25, 0.3) is 0 Å². The van der Waals surface area contributed by atoms with E-state index in [0.29, 0.717) is 37.3 Å². The van der Waals surface area contributed by atoms with Crippen LogP contribution in [0, 0.1) is 6.92 Å². The predicted molar refractivity (Wildman–Crippen MR) is 119 cm³/mol. The van der Waals surface area contributed by atoms with Gasteiger partial charge in [0.15, 0.2) is 11.9 Å². The molecule has 11 heteroatoms.